The van der Waals surface area contributed by atoms with Crippen molar-refractivity contribution in [1.82, 2.24) is 20.4 Å². The average Bonchev–Trinajstić information content (AvgIpc) is 3.08. The lowest BCUT2D eigenvalue weighted by Gasteiger charge is -2.12. The van der Waals surface area contributed by atoms with Gasteiger partial charge in [-0.1, -0.05) is 17.7 Å². The summed E-state index contributed by atoms with van der Waals surface area (Å²) < 4.78 is 7.02. The van der Waals surface area contributed by atoms with E-state index in [9.17, 15) is 0 Å². The lowest BCUT2D eigenvalue weighted by Crippen LogP contribution is -2.39. The third-order valence-electron chi connectivity index (χ3n) is 3.36. The minimum Gasteiger partial charge on any atom is -0.497 e. The molecule has 23 heavy (non-hydrogen) atoms. The summed E-state index contributed by atoms with van der Waals surface area (Å²) in [4.78, 5) is 4.20. The molecule has 124 valence electrons. The van der Waals surface area contributed by atoms with Crippen LogP contribution in [0.5, 0.6) is 5.75 Å². The van der Waals surface area contributed by atoms with Crippen LogP contribution in [-0.2, 0) is 13.0 Å². The van der Waals surface area contributed by atoms with Gasteiger partial charge in [-0.2, -0.15) is 5.10 Å². The molecule has 6 nitrogen and oxygen atoms in total. The van der Waals surface area contributed by atoms with Crippen LogP contribution in [0.15, 0.2) is 41.7 Å². The Morgan fingerprint density at radius 2 is 2.17 bits per heavy atom. The summed E-state index contributed by atoms with van der Waals surface area (Å²) in [7, 11) is 3.38. The molecule has 0 bridgehead atoms. The summed E-state index contributed by atoms with van der Waals surface area (Å²) >= 11 is 6.23. The van der Waals surface area contributed by atoms with Crippen LogP contribution in [-0.4, -0.2) is 43.0 Å². The molecule has 2 N–H and O–H groups in total. The first-order valence-electron chi connectivity index (χ1n) is 7.47. The maximum absolute atomic E-state index is 6.23. The van der Waals surface area contributed by atoms with Crippen molar-refractivity contribution in [2.24, 2.45) is 4.99 Å². The summed E-state index contributed by atoms with van der Waals surface area (Å²) in [5.74, 6) is 1.53. The Morgan fingerprint density at radius 3 is 2.83 bits per heavy atom. The highest BCUT2D eigenvalue weighted by Gasteiger charge is 2.03. The van der Waals surface area contributed by atoms with Crippen molar-refractivity contribution in [3.05, 3.63) is 47.2 Å². The summed E-state index contributed by atoms with van der Waals surface area (Å²) in [5.41, 5.74) is 1.08. The van der Waals surface area contributed by atoms with Gasteiger partial charge in [0.1, 0.15) is 5.75 Å². The van der Waals surface area contributed by atoms with E-state index in [-0.39, 0.29) is 0 Å². The van der Waals surface area contributed by atoms with Crippen LogP contribution in [0.25, 0.3) is 0 Å². The quantitative estimate of drug-likeness (QED) is 0.599. The molecule has 0 amide bonds. The Bertz CT molecular complexity index is 627. The molecule has 0 spiro atoms. The van der Waals surface area contributed by atoms with Crippen LogP contribution >= 0.6 is 11.6 Å². The van der Waals surface area contributed by atoms with Gasteiger partial charge in [0, 0.05) is 37.6 Å². The molecule has 0 aliphatic rings. The predicted octanol–water partition coefficient (Wildman–Crippen LogP) is 1.95. The van der Waals surface area contributed by atoms with Gasteiger partial charge in [-0.05, 0) is 30.2 Å². The van der Waals surface area contributed by atoms with E-state index in [1.54, 1.807) is 20.4 Å². The van der Waals surface area contributed by atoms with Gasteiger partial charge < -0.3 is 15.4 Å². The van der Waals surface area contributed by atoms with E-state index in [0.29, 0.717) is 5.02 Å². The second-order valence-corrected chi connectivity index (χ2v) is 5.31. The molecule has 0 unspecified atom stereocenters. The largest absolute Gasteiger partial charge is 0.497 e. The van der Waals surface area contributed by atoms with E-state index in [4.69, 9.17) is 16.3 Å². The summed E-state index contributed by atoms with van der Waals surface area (Å²) in [6.45, 7) is 2.29. The number of benzene rings is 1. The third kappa shape index (κ3) is 5.49. The average molecular weight is 336 g/mol. The number of nitrogens with one attached hydrogen (secondary N) is 2. The van der Waals surface area contributed by atoms with E-state index in [0.717, 1.165) is 43.3 Å². The number of rotatable bonds is 7. The monoisotopic (exact) mass is 335 g/mol. The fourth-order valence-electron chi connectivity index (χ4n) is 2.12. The first kappa shape index (κ1) is 17.1. The molecule has 0 aliphatic carbocycles. The highest BCUT2D eigenvalue weighted by atomic mass is 35.5. The molecule has 0 saturated carbocycles. The zero-order valence-electron chi connectivity index (χ0n) is 13.4. The SMILES string of the molecule is CN=C(NCCc1ccc(OC)cc1Cl)NCCn1cccn1. The lowest BCUT2D eigenvalue weighted by molar-refractivity contribution is 0.414. The normalized spacial score (nSPS) is 11.3. The van der Waals surface area contributed by atoms with Crippen LogP contribution in [0.4, 0.5) is 0 Å². The molecular formula is C16H22ClN5O. The third-order valence-corrected chi connectivity index (χ3v) is 3.72. The number of ether oxygens (including phenoxy) is 1. The Labute approximate surface area is 141 Å². The Morgan fingerprint density at radius 1 is 1.35 bits per heavy atom. The van der Waals surface area contributed by atoms with Crippen molar-refractivity contribution >= 4 is 17.6 Å². The van der Waals surface area contributed by atoms with Crippen LogP contribution in [0.3, 0.4) is 0 Å². The zero-order chi connectivity index (χ0) is 16.5. The number of aromatic nitrogens is 2. The summed E-state index contributed by atoms with van der Waals surface area (Å²) in [5, 5.41) is 11.4. The molecule has 0 saturated heterocycles. The van der Waals surface area contributed by atoms with Gasteiger partial charge in [-0.15, -0.1) is 0 Å². The highest BCUT2D eigenvalue weighted by Crippen LogP contribution is 2.22. The van der Waals surface area contributed by atoms with Crippen LogP contribution in [0, 0.1) is 0 Å². The second kappa shape index (κ2) is 9.05. The molecular weight excluding hydrogens is 314 g/mol. The maximum Gasteiger partial charge on any atom is 0.191 e. The standard InChI is InChI=1S/C16H22ClN5O/c1-18-16(20-9-11-22-10-3-7-21-22)19-8-6-13-4-5-14(23-2)12-15(13)17/h3-5,7,10,12H,6,8-9,11H2,1-2H3,(H2,18,19,20). The number of guanidine groups is 1. The van der Waals surface area contributed by atoms with Crippen molar-refractivity contribution in [1.29, 1.82) is 0 Å². The van der Waals surface area contributed by atoms with Gasteiger partial charge in [0.05, 0.1) is 13.7 Å². The Balaban J connectivity index is 1.73. The summed E-state index contributed by atoms with van der Waals surface area (Å²) in [6.07, 6.45) is 4.51. The smallest absolute Gasteiger partial charge is 0.191 e. The lowest BCUT2D eigenvalue weighted by atomic mass is 10.1. The Hall–Kier alpha value is -2.21. The number of nitrogens with zero attached hydrogens (tertiary/aromatic N) is 3. The second-order valence-electron chi connectivity index (χ2n) is 4.90. The molecule has 0 fully saturated rings. The number of halogens is 1. The van der Waals surface area contributed by atoms with E-state index in [2.05, 4.69) is 20.7 Å². The van der Waals surface area contributed by atoms with Gasteiger partial charge in [0.15, 0.2) is 5.96 Å². The van der Waals surface area contributed by atoms with Gasteiger partial charge in [0.2, 0.25) is 0 Å². The van der Waals surface area contributed by atoms with Gasteiger partial charge >= 0.3 is 0 Å². The minimum absolute atomic E-state index is 0.716. The first-order valence-corrected chi connectivity index (χ1v) is 7.85. The molecule has 1 aromatic carbocycles. The van der Waals surface area contributed by atoms with Crippen molar-refractivity contribution < 1.29 is 4.74 Å². The Kier molecular flexibility index (Phi) is 6.75. The fraction of sp³-hybridized carbons (Fsp3) is 0.375. The number of hydrogen-bond acceptors (Lipinski definition) is 3. The summed E-state index contributed by atoms with van der Waals surface area (Å²) in [6, 6.07) is 7.63. The zero-order valence-corrected chi connectivity index (χ0v) is 14.2. The van der Waals surface area contributed by atoms with E-state index in [1.807, 2.05) is 35.1 Å². The van der Waals surface area contributed by atoms with Crippen LogP contribution in [0.1, 0.15) is 5.56 Å². The van der Waals surface area contributed by atoms with E-state index < -0.39 is 0 Å². The van der Waals surface area contributed by atoms with Gasteiger partial charge in [-0.25, -0.2) is 0 Å². The molecule has 2 aromatic rings. The molecule has 2 rings (SSSR count). The van der Waals surface area contributed by atoms with Gasteiger partial charge in [-0.3, -0.25) is 9.67 Å². The molecule has 0 aliphatic heterocycles. The maximum atomic E-state index is 6.23. The molecule has 0 atom stereocenters. The minimum atomic E-state index is 0.716. The molecule has 7 heteroatoms. The number of hydrogen-bond donors (Lipinski definition) is 2. The van der Waals surface area contributed by atoms with Crippen molar-refractivity contribution in [2.75, 3.05) is 27.2 Å². The van der Waals surface area contributed by atoms with Crippen molar-refractivity contribution in [3.63, 3.8) is 0 Å². The van der Waals surface area contributed by atoms with Crippen molar-refractivity contribution in [3.8, 4) is 5.75 Å². The van der Waals surface area contributed by atoms with Crippen LogP contribution in [0.2, 0.25) is 5.02 Å². The molecule has 0 radical (unpaired) electrons. The number of methoxy groups -OCH3 is 1. The van der Waals surface area contributed by atoms with Gasteiger partial charge in [0.25, 0.3) is 0 Å². The fourth-order valence-corrected chi connectivity index (χ4v) is 2.38. The predicted molar refractivity (Wildman–Crippen MR) is 93.3 cm³/mol. The molecule has 1 aromatic heterocycles. The van der Waals surface area contributed by atoms with Crippen molar-refractivity contribution in [2.45, 2.75) is 13.0 Å². The topological polar surface area (TPSA) is 63.5 Å². The van der Waals surface area contributed by atoms with E-state index >= 15 is 0 Å². The number of aliphatic imine (C=N–C) groups is 1. The molecule has 1 heterocycles. The first-order chi connectivity index (χ1) is 11.2. The van der Waals surface area contributed by atoms with E-state index in [1.165, 1.54) is 0 Å². The highest BCUT2D eigenvalue weighted by molar-refractivity contribution is 6.31. The van der Waals surface area contributed by atoms with Crippen LogP contribution < -0.4 is 15.4 Å².